The number of carbonyl (C=O) groups is 1. The highest BCUT2D eigenvalue weighted by atomic mass is 19.4. The predicted molar refractivity (Wildman–Crippen MR) is 41.1 cm³/mol. The molecular weight excluding hydrogens is 185 g/mol. The third kappa shape index (κ3) is 5.27. The minimum Gasteiger partial charge on any atom is -0.463 e. The van der Waals surface area contributed by atoms with Crippen molar-refractivity contribution in [3.05, 3.63) is 11.6 Å². The first-order valence-electron chi connectivity index (χ1n) is 3.80. The van der Waals surface area contributed by atoms with Gasteiger partial charge in [0.05, 0.1) is 6.61 Å². The van der Waals surface area contributed by atoms with E-state index < -0.39 is 17.7 Å². The Kier molecular flexibility index (Phi) is 4.51. The van der Waals surface area contributed by atoms with Crippen LogP contribution in [0.2, 0.25) is 0 Å². The highest BCUT2D eigenvalue weighted by molar-refractivity contribution is 5.82. The fourth-order valence-corrected chi connectivity index (χ4v) is 0.503. The van der Waals surface area contributed by atoms with Crippen molar-refractivity contribution in [1.29, 1.82) is 0 Å². The van der Waals surface area contributed by atoms with Crippen molar-refractivity contribution in [2.75, 3.05) is 6.61 Å². The number of allylic oxidation sites excluding steroid dienone is 1. The molecule has 2 nitrogen and oxygen atoms in total. The fraction of sp³-hybridized carbons (Fsp3) is 0.625. The quantitative estimate of drug-likeness (QED) is 0.512. The van der Waals surface area contributed by atoms with Crippen LogP contribution in [0.3, 0.4) is 0 Å². The third-order valence-corrected chi connectivity index (χ3v) is 1.23. The zero-order chi connectivity index (χ0) is 10.5. The molecule has 0 N–H and O–H groups in total. The molecule has 0 aromatic rings. The lowest BCUT2D eigenvalue weighted by Crippen LogP contribution is -2.12. The van der Waals surface area contributed by atoms with Gasteiger partial charge in [-0.3, -0.25) is 0 Å². The van der Waals surface area contributed by atoms with E-state index in [4.69, 9.17) is 0 Å². The third-order valence-electron chi connectivity index (χ3n) is 1.23. The van der Waals surface area contributed by atoms with Crippen LogP contribution >= 0.6 is 0 Å². The first-order chi connectivity index (χ1) is 5.88. The number of halogens is 3. The zero-order valence-corrected chi connectivity index (χ0v) is 7.44. The number of alkyl halides is 3. The number of rotatable bonds is 3. The summed E-state index contributed by atoms with van der Waals surface area (Å²) in [6.07, 6.45) is -3.41. The van der Waals surface area contributed by atoms with Crippen molar-refractivity contribution in [2.45, 2.75) is 26.4 Å². The molecule has 76 valence electrons. The zero-order valence-electron chi connectivity index (χ0n) is 7.44. The molecule has 0 rings (SSSR count). The molecule has 0 aliphatic heterocycles. The summed E-state index contributed by atoms with van der Waals surface area (Å²) >= 11 is 0. The molecule has 0 bridgehead atoms. The summed E-state index contributed by atoms with van der Waals surface area (Å²) < 4.78 is 40.0. The van der Waals surface area contributed by atoms with E-state index in [-0.39, 0.29) is 6.61 Å². The van der Waals surface area contributed by atoms with Crippen molar-refractivity contribution < 1.29 is 22.7 Å². The van der Waals surface area contributed by atoms with Crippen LogP contribution in [-0.2, 0) is 9.53 Å². The van der Waals surface area contributed by atoms with Gasteiger partial charge in [-0.1, -0.05) is 6.92 Å². The maximum Gasteiger partial charge on any atom is 0.412 e. The van der Waals surface area contributed by atoms with Crippen LogP contribution in [0.25, 0.3) is 0 Å². The monoisotopic (exact) mass is 196 g/mol. The van der Waals surface area contributed by atoms with Crippen LogP contribution in [0.5, 0.6) is 0 Å². The van der Waals surface area contributed by atoms with Crippen LogP contribution < -0.4 is 0 Å². The Hall–Kier alpha value is -1.00. The summed E-state index contributed by atoms with van der Waals surface area (Å²) in [6, 6.07) is 0. The van der Waals surface area contributed by atoms with Gasteiger partial charge in [0.1, 0.15) is 0 Å². The fourth-order valence-electron chi connectivity index (χ4n) is 0.503. The van der Waals surface area contributed by atoms with E-state index in [0.29, 0.717) is 12.5 Å². The lowest BCUT2D eigenvalue weighted by molar-refractivity contribution is -0.138. The van der Waals surface area contributed by atoms with Gasteiger partial charge in [0.2, 0.25) is 0 Å². The molecule has 0 saturated carbocycles. The van der Waals surface area contributed by atoms with Gasteiger partial charge in [0.15, 0.2) is 0 Å². The van der Waals surface area contributed by atoms with Gasteiger partial charge in [-0.15, -0.1) is 0 Å². The second kappa shape index (κ2) is 4.89. The summed E-state index contributed by atoms with van der Waals surface area (Å²) in [5.41, 5.74) is -0.950. The van der Waals surface area contributed by atoms with Crippen molar-refractivity contribution in [3.8, 4) is 0 Å². The first-order valence-corrected chi connectivity index (χ1v) is 3.80. The van der Waals surface area contributed by atoms with E-state index in [1.165, 1.54) is 0 Å². The Morgan fingerprint density at radius 1 is 1.46 bits per heavy atom. The molecule has 0 aromatic heterocycles. The Labute approximate surface area is 74.4 Å². The highest BCUT2D eigenvalue weighted by Crippen LogP contribution is 2.24. The second-order valence-electron chi connectivity index (χ2n) is 2.49. The van der Waals surface area contributed by atoms with Crippen LogP contribution in [0, 0.1) is 0 Å². The molecule has 0 unspecified atom stereocenters. The highest BCUT2D eigenvalue weighted by Gasteiger charge is 2.30. The lowest BCUT2D eigenvalue weighted by Gasteiger charge is -2.05. The molecule has 0 radical (unpaired) electrons. The molecule has 0 amide bonds. The molecule has 0 aliphatic carbocycles. The number of hydrogen-bond donors (Lipinski definition) is 0. The lowest BCUT2D eigenvalue weighted by atomic mass is 10.3. The number of esters is 1. The SMILES string of the molecule is CCCOC(=O)/C=C(\C)C(F)(F)F. The molecule has 5 heteroatoms. The van der Waals surface area contributed by atoms with E-state index in [0.717, 1.165) is 6.92 Å². The van der Waals surface area contributed by atoms with E-state index in [2.05, 4.69) is 4.74 Å². The standard InChI is InChI=1S/C8H11F3O2/c1-3-4-13-7(12)5-6(2)8(9,10)11/h5H,3-4H2,1-2H3/b6-5+. The van der Waals surface area contributed by atoms with Gasteiger partial charge in [-0.05, 0) is 13.3 Å². The smallest absolute Gasteiger partial charge is 0.412 e. The second-order valence-corrected chi connectivity index (χ2v) is 2.49. The minimum atomic E-state index is -4.45. The average Bonchev–Trinajstić information content (AvgIpc) is 1.99. The van der Waals surface area contributed by atoms with Gasteiger partial charge >= 0.3 is 12.1 Å². The Balaban J connectivity index is 4.15. The Bertz CT molecular complexity index is 206. The Morgan fingerprint density at radius 3 is 2.38 bits per heavy atom. The summed E-state index contributed by atoms with van der Waals surface area (Å²) in [6.45, 7) is 2.72. The predicted octanol–water partition coefficient (Wildman–Crippen LogP) is 2.45. The first kappa shape index (κ1) is 12.0. The molecule has 0 saturated heterocycles. The summed E-state index contributed by atoms with van der Waals surface area (Å²) in [5, 5.41) is 0. The van der Waals surface area contributed by atoms with Crippen molar-refractivity contribution in [3.63, 3.8) is 0 Å². The van der Waals surface area contributed by atoms with Gasteiger partial charge in [-0.25, -0.2) is 4.79 Å². The van der Waals surface area contributed by atoms with E-state index in [9.17, 15) is 18.0 Å². The van der Waals surface area contributed by atoms with E-state index in [1.54, 1.807) is 6.92 Å². The number of ether oxygens (including phenoxy) is 1. The molecule has 0 fully saturated rings. The van der Waals surface area contributed by atoms with Crippen LogP contribution in [-0.4, -0.2) is 18.8 Å². The molecule has 0 aromatic carbocycles. The molecule has 13 heavy (non-hydrogen) atoms. The normalized spacial score (nSPS) is 12.8. The van der Waals surface area contributed by atoms with Gasteiger partial charge in [0, 0.05) is 11.6 Å². The van der Waals surface area contributed by atoms with Crippen molar-refractivity contribution in [2.24, 2.45) is 0 Å². The summed E-state index contributed by atoms with van der Waals surface area (Å²) in [4.78, 5) is 10.7. The minimum absolute atomic E-state index is 0.139. The summed E-state index contributed by atoms with van der Waals surface area (Å²) in [5.74, 6) is -0.948. The largest absolute Gasteiger partial charge is 0.463 e. The van der Waals surface area contributed by atoms with Crippen LogP contribution in [0.4, 0.5) is 13.2 Å². The number of hydrogen-bond acceptors (Lipinski definition) is 2. The molecule has 0 aliphatic rings. The van der Waals surface area contributed by atoms with Gasteiger partial charge in [0.25, 0.3) is 0 Å². The maximum atomic E-state index is 11.9. The van der Waals surface area contributed by atoms with Gasteiger partial charge < -0.3 is 4.74 Å². The Morgan fingerprint density at radius 2 is 2.00 bits per heavy atom. The van der Waals surface area contributed by atoms with Crippen LogP contribution in [0.1, 0.15) is 20.3 Å². The molecular formula is C8H11F3O2. The van der Waals surface area contributed by atoms with E-state index >= 15 is 0 Å². The van der Waals surface area contributed by atoms with Gasteiger partial charge in [-0.2, -0.15) is 13.2 Å². The summed E-state index contributed by atoms with van der Waals surface area (Å²) in [7, 11) is 0. The molecule has 0 spiro atoms. The van der Waals surface area contributed by atoms with Crippen LogP contribution in [0.15, 0.2) is 11.6 Å². The topological polar surface area (TPSA) is 26.3 Å². The van der Waals surface area contributed by atoms with Crippen molar-refractivity contribution >= 4 is 5.97 Å². The average molecular weight is 196 g/mol. The van der Waals surface area contributed by atoms with Crippen molar-refractivity contribution in [1.82, 2.24) is 0 Å². The number of carbonyl (C=O) groups excluding carboxylic acids is 1. The van der Waals surface area contributed by atoms with E-state index in [1.807, 2.05) is 0 Å². The molecule has 0 heterocycles. The molecule has 0 atom stereocenters. The maximum absolute atomic E-state index is 11.9.